The smallest absolute Gasteiger partial charge is 0.419 e. The number of anilines is 1. The molecule has 0 radical (unpaired) electrons. The molecule has 0 spiro atoms. The molecule has 0 saturated carbocycles. The summed E-state index contributed by atoms with van der Waals surface area (Å²) in [5.74, 6) is -1.72. The van der Waals surface area contributed by atoms with E-state index in [0.29, 0.717) is 21.8 Å². The van der Waals surface area contributed by atoms with Gasteiger partial charge in [-0.15, -0.1) is 0 Å². The van der Waals surface area contributed by atoms with E-state index in [0.717, 1.165) is 0 Å². The lowest BCUT2D eigenvalue weighted by Crippen LogP contribution is -2.22. The number of amides is 1. The average molecular weight is 409 g/mol. The van der Waals surface area contributed by atoms with Crippen LogP contribution in [0.4, 0.5) is 5.69 Å². The monoisotopic (exact) mass is 408 g/mol. The molecule has 0 fully saturated rings. The molecule has 0 aliphatic heterocycles. The van der Waals surface area contributed by atoms with Crippen LogP contribution in [-0.4, -0.2) is 23.1 Å². The number of hydrogen-bond acceptors (Lipinski definition) is 5. The molecule has 1 N–H and O–H groups in total. The number of nitrogens with one attached hydrogen (secondary N) is 1. The normalized spacial score (nSPS) is 10.7. The second-order valence-electron chi connectivity index (χ2n) is 5.57. The number of ether oxygens (including phenoxy) is 1. The summed E-state index contributed by atoms with van der Waals surface area (Å²) in [5.41, 5.74) is 1.39. The van der Waals surface area contributed by atoms with Gasteiger partial charge in [0.15, 0.2) is 12.2 Å². The Morgan fingerprint density at radius 1 is 1.15 bits per heavy atom. The lowest BCUT2D eigenvalue weighted by molar-refractivity contribution is -0.147. The second-order valence-corrected chi connectivity index (χ2v) is 6.41. The average Bonchev–Trinajstić information content (AvgIpc) is 2.95. The van der Waals surface area contributed by atoms with E-state index in [1.54, 1.807) is 36.4 Å². The first-order valence-electron chi connectivity index (χ1n) is 7.93. The van der Waals surface area contributed by atoms with Gasteiger partial charge < -0.3 is 14.5 Å². The molecule has 0 aliphatic rings. The zero-order valence-electron chi connectivity index (χ0n) is 13.9. The lowest BCUT2D eigenvalue weighted by atomic mass is 10.3. The molecule has 140 valence electrons. The van der Waals surface area contributed by atoms with E-state index in [1.165, 1.54) is 10.6 Å². The molecule has 3 aromatic rings. The van der Waals surface area contributed by atoms with Gasteiger partial charge in [-0.2, -0.15) is 0 Å². The number of para-hydroxylation sites is 2. The van der Waals surface area contributed by atoms with Gasteiger partial charge in [0, 0.05) is 11.6 Å². The minimum absolute atomic E-state index is 0.0827. The Morgan fingerprint density at radius 3 is 2.70 bits per heavy atom. The number of halogens is 2. The molecular weight excluding hydrogens is 395 g/mol. The maximum Gasteiger partial charge on any atom is 0.419 e. The first-order valence-corrected chi connectivity index (χ1v) is 8.68. The number of benzene rings is 2. The quantitative estimate of drug-likeness (QED) is 0.630. The number of aromatic nitrogens is 1. The number of hydrogen-bond donors (Lipinski definition) is 1. The van der Waals surface area contributed by atoms with Crippen molar-refractivity contribution in [1.29, 1.82) is 0 Å². The summed E-state index contributed by atoms with van der Waals surface area (Å²) >= 11 is 11.7. The van der Waals surface area contributed by atoms with Gasteiger partial charge >= 0.3 is 11.7 Å². The Labute approximate surface area is 163 Å². The number of carbonyl (C=O) groups is 2. The fourth-order valence-electron chi connectivity index (χ4n) is 2.42. The SMILES string of the molecule is O=C(COC(=O)CCn1c(=O)oc2ccccc21)Nc1ccc(Cl)cc1Cl. The number of fused-ring (bicyclic) bond motifs is 1. The summed E-state index contributed by atoms with van der Waals surface area (Å²) in [6.45, 7) is -0.391. The molecule has 7 nitrogen and oxygen atoms in total. The van der Waals surface area contributed by atoms with Crippen molar-refractivity contribution in [3.63, 3.8) is 0 Å². The molecule has 27 heavy (non-hydrogen) atoms. The Hall–Kier alpha value is -2.77. The largest absolute Gasteiger partial charge is 0.456 e. The highest BCUT2D eigenvalue weighted by molar-refractivity contribution is 6.36. The predicted octanol–water partition coefficient (Wildman–Crippen LogP) is 3.47. The van der Waals surface area contributed by atoms with Gasteiger partial charge in [-0.05, 0) is 30.3 Å². The summed E-state index contributed by atoms with van der Waals surface area (Å²) in [6, 6.07) is 11.5. The minimum Gasteiger partial charge on any atom is -0.456 e. The Balaban J connectivity index is 1.51. The van der Waals surface area contributed by atoms with Crippen LogP contribution in [-0.2, 0) is 20.9 Å². The van der Waals surface area contributed by atoms with Crippen molar-refractivity contribution in [3.8, 4) is 0 Å². The molecule has 0 aliphatic carbocycles. The van der Waals surface area contributed by atoms with Gasteiger partial charge in [-0.3, -0.25) is 14.2 Å². The van der Waals surface area contributed by atoms with Crippen molar-refractivity contribution in [2.24, 2.45) is 0 Å². The van der Waals surface area contributed by atoms with E-state index in [4.69, 9.17) is 32.4 Å². The van der Waals surface area contributed by atoms with E-state index in [-0.39, 0.29) is 18.0 Å². The zero-order valence-corrected chi connectivity index (χ0v) is 15.4. The Bertz CT molecular complexity index is 1060. The highest BCUT2D eigenvalue weighted by atomic mass is 35.5. The summed E-state index contributed by atoms with van der Waals surface area (Å²) in [7, 11) is 0. The highest BCUT2D eigenvalue weighted by Crippen LogP contribution is 2.25. The standard InChI is InChI=1S/C18H14Cl2N2O5/c19-11-5-6-13(12(20)9-11)21-16(23)10-26-17(24)7-8-22-14-3-1-2-4-15(14)27-18(22)25/h1-6,9H,7-8,10H2,(H,21,23). The van der Waals surface area contributed by atoms with Gasteiger partial charge in [-0.1, -0.05) is 35.3 Å². The van der Waals surface area contributed by atoms with Crippen LogP contribution in [0.15, 0.2) is 51.7 Å². The van der Waals surface area contributed by atoms with E-state index >= 15 is 0 Å². The lowest BCUT2D eigenvalue weighted by Gasteiger charge is -2.08. The second kappa shape index (κ2) is 8.28. The third kappa shape index (κ3) is 4.69. The molecule has 0 bridgehead atoms. The van der Waals surface area contributed by atoms with E-state index in [2.05, 4.69) is 5.32 Å². The summed E-state index contributed by atoms with van der Waals surface area (Å²) in [4.78, 5) is 35.6. The number of aryl methyl sites for hydroxylation is 1. The first kappa shape index (κ1) is 19.0. The van der Waals surface area contributed by atoms with Crippen molar-refractivity contribution in [2.75, 3.05) is 11.9 Å². The van der Waals surface area contributed by atoms with Crippen molar-refractivity contribution >= 4 is 51.9 Å². The van der Waals surface area contributed by atoms with Crippen LogP contribution in [0.1, 0.15) is 6.42 Å². The summed E-state index contributed by atoms with van der Waals surface area (Å²) in [6.07, 6.45) is -0.0849. The van der Waals surface area contributed by atoms with E-state index in [9.17, 15) is 14.4 Å². The zero-order chi connectivity index (χ0) is 19.4. The molecule has 0 saturated heterocycles. The third-order valence-corrected chi connectivity index (χ3v) is 4.23. The number of esters is 1. The van der Waals surface area contributed by atoms with Crippen LogP contribution in [0, 0.1) is 0 Å². The highest BCUT2D eigenvalue weighted by Gasteiger charge is 2.13. The number of carbonyl (C=O) groups excluding carboxylic acids is 2. The van der Waals surface area contributed by atoms with Gasteiger partial charge in [0.2, 0.25) is 0 Å². The summed E-state index contributed by atoms with van der Waals surface area (Å²) < 4.78 is 11.3. The molecule has 3 rings (SSSR count). The molecule has 1 amide bonds. The fourth-order valence-corrected chi connectivity index (χ4v) is 2.88. The molecule has 1 heterocycles. The molecule has 2 aromatic carbocycles. The number of nitrogens with zero attached hydrogens (tertiary/aromatic N) is 1. The minimum atomic E-state index is -0.621. The molecule has 0 atom stereocenters. The van der Waals surface area contributed by atoms with Crippen LogP contribution in [0.5, 0.6) is 0 Å². The summed E-state index contributed by atoms with van der Waals surface area (Å²) in [5, 5.41) is 3.23. The van der Waals surface area contributed by atoms with Crippen LogP contribution in [0.25, 0.3) is 11.1 Å². The Morgan fingerprint density at radius 2 is 1.93 bits per heavy atom. The van der Waals surface area contributed by atoms with Gasteiger partial charge in [0.05, 0.1) is 22.6 Å². The number of oxazole rings is 1. The van der Waals surface area contributed by atoms with Crippen molar-refractivity contribution in [1.82, 2.24) is 4.57 Å². The van der Waals surface area contributed by atoms with Crippen LogP contribution in [0.3, 0.4) is 0 Å². The van der Waals surface area contributed by atoms with Gasteiger partial charge in [0.25, 0.3) is 5.91 Å². The maximum atomic E-state index is 11.9. The topological polar surface area (TPSA) is 90.5 Å². The fraction of sp³-hybridized carbons (Fsp3) is 0.167. The molecule has 9 heteroatoms. The van der Waals surface area contributed by atoms with Crippen molar-refractivity contribution in [3.05, 3.63) is 63.1 Å². The van der Waals surface area contributed by atoms with Crippen LogP contribution in [0.2, 0.25) is 10.0 Å². The van der Waals surface area contributed by atoms with Crippen molar-refractivity contribution in [2.45, 2.75) is 13.0 Å². The predicted molar refractivity (Wildman–Crippen MR) is 101 cm³/mol. The van der Waals surface area contributed by atoms with Crippen LogP contribution < -0.4 is 11.1 Å². The van der Waals surface area contributed by atoms with Crippen LogP contribution >= 0.6 is 23.2 Å². The molecular formula is C18H14Cl2N2O5. The molecule has 1 aromatic heterocycles. The van der Waals surface area contributed by atoms with Gasteiger partial charge in [-0.25, -0.2) is 4.79 Å². The first-order chi connectivity index (χ1) is 12.9. The van der Waals surface area contributed by atoms with E-state index < -0.39 is 24.2 Å². The van der Waals surface area contributed by atoms with Gasteiger partial charge in [0.1, 0.15) is 0 Å². The third-order valence-electron chi connectivity index (χ3n) is 3.68. The maximum absolute atomic E-state index is 11.9. The van der Waals surface area contributed by atoms with E-state index in [1.807, 2.05) is 0 Å². The Kier molecular flexibility index (Phi) is 5.83. The number of rotatable bonds is 6. The molecule has 0 unspecified atom stereocenters. The van der Waals surface area contributed by atoms with Crippen molar-refractivity contribution < 1.29 is 18.7 Å².